The first-order valence-corrected chi connectivity index (χ1v) is 6.59. The molecule has 1 unspecified atom stereocenters. The molecule has 18 heavy (non-hydrogen) atoms. The van der Waals surface area contributed by atoms with E-state index in [0.717, 1.165) is 36.6 Å². The molecule has 1 saturated heterocycles. The maximum atomic E-state index is 9.46. The molecule has 1 fully saturated rings. The van der Waals surface area contributed by atoms with Crippen LogP contribution in [0.25, 0.3) is 0 Å². The highest BCUT2D eigenvalue weighted by molar-refractivity contribution is 5.49. The average Bonchev–Trinajstić information content (AvgIpc) is 2.64. The van der Waals surface area contributed by atoms with Crippen LogP contribution in [0, 0.1) is 6.92 Å². The third kappa shape index (κ3) is 2.67. The quantitative estimate of drug-likeness (QED) is 0.876. The minimum atomic E-state index is 0.0326. The Labute approximate surface area is 108 Å². The van der Waals surface area contributed by atoms with E-state index in [1.807, 2.05) is 25.7 Å². The zero-order valence-corrected chi connectivity index (χ0v) is 11.5. The number of aromatic nitrogens is 2. The van der Waals surface area contributed by atoms with Gasteiger partial charge in [0.15, 0.2) is 0 Å². The van der Waals surface area contributed by atoms with Gasteiger partial charge in [-0.05, 0) is 26.2 Å². The molecule has 5 heteroatoms. The van der Waals surface area contributed by atoms with Gasteiger partial charge in [0.05, 0.1) is 18.4 Å². The molecule has 1 aromatic rings. The number of likely N-dealkylation sites (N-methyl/N-ethyl adjacent to an activating group) is 1. The molecule has 2 rings (SSSR count). The van der Waals surface area contributed by atoms with Crippen LogP contribution < -0.4 is 4.90 Å². The van der Waals surface area contributed by atoms with Crippen molar-refractivity contribution in [1.82, 2.24) is 9.78 Å². The molecular formula is C13H23N3O2. The first-order valence-electron chi connectivity index (χ1n) is 6.59. The van der Waals surface area contributed by atoms with Crippen LogP contribution in [-0.2, 0) is 18.4 Å². The zero-order valence-electron chi connectivity index (χ0n) is 11.5. The zero-order chi connectivity index (χ0) is 13.1. The van der Waals surface area contributed by atoms with Crippen LogP contribution in [0.2, 0.25) is 0 Å². The number of rotatable bonds is 4. The minimum Gasteiger partial charge on any atom is -0.391 e. The van der Waals surface area contributed by atoms with Gasteiger partial charge in [-0.15, -0.1) is 0 Å². The first kappa shape index (κ1) is 13.4. The van der Waals surface area contributed by atoms with Gasteiger partial charge in [0.1, 0.15) is 5.82 Å². The number of ether oxygens (including phenoxy) is 1. The summed E-state index contributed by atoms with van der Waals surface area (Å²) in [4.78, 5) is 2.14. The largest absolute Gasteiger partial charge is 0.391 e. The highest BCUT2D eigenvalue weighted by Crippen LogP contribution is 2.23. The van der Waals surface area contributed by atoms with Crippen molar-refractivity contribution >= 4 is 5.82 Å². The van der Waals surface area contributed by atoms with E-state index in [4.69, 9.17) is 4.74 Å². The van der Waals surface area contributed by atoms with E-state index >= 15 is 0 Å². The van der Waals surface area contributed by atoms with Gasteiger partial charge in [0.25, 0.3) is 0 Å². The minimum absolute atomic E-state index is 0.0326. The van der Waals surface area contributed by atoms with Gasteiger partial charge in [-0.2, -0.15) is 5.10 Å². The van der Waals surface area contributed by atoms with Gasteiger partial charge in [-0.25, -0.2) is 0 Å². The van der Waals surface area contributed by atoms with Crippen LogP contribution >= 0.6 is 0 Å². The predicted molar refractivity (Wildman–Crippen MR) is 70.7 cm³/mol. The predicted octanol–water partition coefficient (Wildman–Crippen LogP) is 1.23. The number of anilines is 1. The summed E-state index contributed by atoms with van der Waals surface area (Å²) in [6, 6.07) is 0. The average molecular weight is 253 g/mol. The number of hydrogen-bond acceptors (Lipinski definition) is 4. The molecule has 0 saturated carbocycles. The lowest BCUT2D eigenvalue weighted by Gasteiger charge is -2.29. The van der Waals surface area contributed by atoms with Gasteiger partial charge in [0.2, 0.25) is 0 Å². The maximum Gasteiger partial charge on any atom is 0.132 e. The van der Waals surface area contributed by atoms with E-state index in [-0.39, 0.29) is 6.61 Å². The fraction of sp³-hybridized carbons (Fsp3) is 0.769. The van der Waals surface area contributed by atoms with Gasteiger partial charge in [-0.3, -0.25) is 4.68 Å². The van der Waals surface area contributed by atoms with Crippen molar-refractivity contribution in [3.8, 4) is 0 Å². The highest BCUT2D eigenvalue weighted by atomic mass is 16.5. The second-order valence-electron chi connectivity index (χ2n) is 5.04. The van der Waals surface area contributed by atoms with Gasteiger partial charge in [-0.1, -0.05) is 0 Å². The Bertz CT molecular complexity index is 397. The monoisotopic (exact) mass is 253 g/mol. The summed E-state index contributed by atoms with van der Waals surface area (Å²) in [5.74, 6) is 0.990. The number of aliphatic hydroxyl groups excluding tert-OH is 1. The summed E-state index contributed by atoms with van der Waals surface area (Å²) in [5.41, 5.74) is 1.81. The van der Waals surface area contributed by atoms with E-state index < -0.39 is 0 Å². The number of aliphatic hydroxyl groups is 1. The van der Waals surface area contributed by atoms with E-state index in [1.165, 1.54) is 12.8 Å². The molecule has 0 aromatic carbocycles. The summed E-state index contributed by atoms with van der Waals surface area (Å²) in [5, 5.41) is 13.8. The Morgan fingerprint density at radius 1 is 1.50 bits per heavy atom. The third-order valence-electron chi connectivity index (χ3n) is 3.58. The summed E-state index contributed by atoms with van der Waals surface area (Å²) < 4.78 is 7.59. The number of nitrogens with zero attached hydrogens (tertiary/aromatic N) is 3. The molecule has 0 spiro atoms. The van der Waals surface area contributed by atoms with Crippen molar-refractivity contribution in [2.24, 2.45) is 7.05 Å². The maximum absolute atomic E-state index is 9.46. The number of aryl methyl sites for hydroxylation is 2. The van der Waals surface area contributed by atoms with Crippen molar-refractivity contribution in [3.05, 3.63) is 11.3 Å². The Balaban J connectivity index is 2.10. The van der Waals surface area contributed by atoms with Crippen LogP contribution in [0.1, 0.15) is 30.5 Å². The highest BCUT2D eigenvalue weighted by Gasteiger charge is 2.21. The van der Waals surface area contributed by atoms with Crippen molar-refractivity contribution in [3.63, 3.8) is 0 Å². The SMILES string of the molecule is Cc1nn(C)c(N(C)CC2CCCCO2)c1CO. The lowest BCUT2D eigenvalue weighted by molar-refractivity contribution is 0.0214. The topological polar surface area (TPSA) is 50.5 Å². The van der Waals surface area contributed by atoms with E-state index in [0.29, 0.717) is 6.10 Å². The molecule has 0 radical (unpaired) electrons. The van der Waals surface area contributed by atoms with Crippen LogP contribution in [0.4, 0.5) is 5.82 Å². The van der Waals surface area contributed by atoms with Crippen LogP contribution in [0.3, 0.4) is 0 Å². The second kappa shape index (κ2) is 5.71. The molecule has 1 aromatic heterocycles. The Morgan fingerprint density at radius 2 is 2.28 bits per heavy atom. The molecule has 1 aliphatic heterocycles. The third-order valence-corrected chi connectivity index (χ3v) is 3.58. The second-order valence-corrected chi connectivity index (χ2v) is 5.04. The molecule has 0 aliphatic carbocycles. The lowest BCUT2D eigenvalue weighted by atomic mass is 10.1. The van der Waals surface area contributed by atoms with Crippen molar-refractivity contribution < 1.29 is 9.84 Å². The summed E-state index contributed by atoms with van der Waals surface area (Å²) in [7, 11) is 3.95. The molecule has 5 nitrogen and oxygen atoms in total. The molecule has 0 bridgehead atoms. The van der Waals surface area contributed by atoms with E-state index in [1.54, 1.807) is 0 Å². The molecule has 1 N–H and O–H groups in total. The normalized spacial score (nSPS) is 20.1. The molecule has 1 atom stereocenters. The fourth-order valence-electron chi connectivity index (χ4n) is 2.70. The summed E-state index contributed by atoms with van der Waals surface area (Å²) in [6.45, 7) is 3.69. The lowest BCUT2D eigenvalue weighted by Crippen LogP contribution is -2.34. The van der Waals surface area contributed by atoms with Crippen LogP contribution in [0.5, 0.6) is 0 Å². The smallest absolute Gasteiger partial charge is 0.132 e. The van der Waals surface area contributed by atoms with E-state index in [9.17, 15) is 5.11 Å². The molecule has 2 heterocycles. The Morgan fingerprint density at radius 3 is 2.89 bits per heavy atom. The molecule has 102 valence electrons. The number of hydrogen-bond donors (Lipinski definition) is 1. The van der Waals surface area contributed by atoms with Gasteiger partial charge in [0, 0.05) is 32.8 Å². The molecular weight excluding hydrogens is 230 g/mol. The van der Waals surface area contributed by atoms with Gasteiger partial charge >= 0.3 is 0 Å². The van der Waals surface area contributed by atoms with Crippen molar-refractivity contribution in [1.29, 1.82) is 0 Å². The van der Waals surface area contributed by atoms with Crippen LogP contribution in [0.15, 0.2) is 0 Å². The Kier molecular flexibility index (Phi) is 4.24. The molecule has 1 aliphatic rings. The van der Waals surface area contributed by atoms with Gasteiger partial charge < -0.3 is 14.7 Å². The first-order chi connectivity index (χ1) is 8.63. The van der Waals surface area contributed by atoms with Crippen LogP contribution in [-0.4, -0.2) is 41.2 Å². The van der Waals surface area contributed by atoms with E-state index in [2.05, 4.69) is 10.00 Å². The standard InChI is InChI=1S/C13H23N3O2/c1-10-12(9-17)13(16(3)14-10)15(2)8-11-6-4-5-7-18-11/h11,17H,4-9H2,1-3H3. The fourth-order valence-corrected chi connectivity index (χ4v) is 2.70. The van der Waals surface area contributed by atoms with Crippen molar-refractivity contribution in [2.75, 3.05) is 25.1 Å². The summed E-state index contributed by atoms with van der Waals surface area (Å²) in [6.07, 6.45) is 3.84. The van der Waals surface area contributed by atoms with Crippen molar-refractivity contribution in [2.45, 2.75) is 38.9 Å². The Hall–Kier alpha value is -1.07. The molecule has 0 amide bonds. The summed E-state index contributed by atoms with van der Waals surface area (Å²) >= 11 is 0.